The van der Waals surface area contributed by atoms with Crippen LogP contribution >= 0.6 is 0 Å². The third-order valence-corrected chi connectivity index (χ3v) is 1.88. The van der Waals surface area contributed by atoms with Gasteiger partial charge >= 0.3 is 0 Å². The lowest BCUT2D eigenvalue weighted by Gasteiger charge is -1.98. The first-order valence-corrected chi connectivity index (χ1v) is 4.21. The minimum absolute atomic E-state index is 0.369. The highest BCUT2D eigenvalue weighted by Crippen LogP contribution is 2.09. The Kier molecular flexibility index (Phi) is 2.91. The molecule has 1 aromatic heterocycles. The smallest absolute Gasteiger partial charge is 0.265 e. The van der Waals surface area contributed by atoms with Crippen molar-refractivity contribution < 1.29 is 4.79 Å². The molecular weight excluding hydrogens is 152 g/mol. The summed E-state index contributed by atoms with van der Waals surface area (Å²) in [6.07, 6.45) is 4.91. The van der Waals surface area contributed by atoms with Crippen LogP contribution in [0.2, 0.25) is 0 Å². The van der Waals surface area contributed by atoms with Crippen LogP contribution in [0.1, 0.15) is 35.8 Å². The van der Waals surface area contributed by atoms with Crippen LogP contribution in [0.15, 0.2) is 12.3 Å². The monoisotopic (exact) mass is 166 g/mol. The Morgan fingerprint density at radius 1 is 1.67 bits per heavy atom. The number of rotatable bonds is 4. The Morgan fingerprint density at radius 2 is 2.42 bits per heavy atom. The van der Waals surface area contributed by atoms with Gasteiger partial charge in [-0.05, 0) is 24.5 Å². The van der Waals surface area contributed by atoms with Gasteiger partial charge in [-0.1, -0.05) is 13.3 Å². The van der Waals surface area contributed by atoms with Crippen molar-refractivity contribution in [2.45, 2.75) is 26.2 Å². The quantitative estimate of drug-likeness (QED) is 0.698. The number of amides is 1. The number of aromatic nitrogens is 1. The maximum atomic E-state index is 10.8. The average Bonchev–Trinajstić information content (AvgIpc) is 2.48. The van der Waals surface area contributed by atoms with Gasteiger partial charge in [0.05, 0.1) is 0 Å². The lowest BCUT2D eigenvalue weighted by Crippen LogP contribution is -2.13. The van der Waals surface area contributed by atoms with Crippen molar-refractivity contribution in [1.82, 2.24) is 4.98 Å². The van der Waals surface area contributed by atoms with E-state index < -0.39 is 0 Å². The number of hydrogen-bond donors (Lipinski definition) is 2. The maximum Gasteiger partial charge on any atom is 0.265 e. The summed E-state index contributed by atoms with van der Waals surface area (Å²) in [5.41, 5.74) is 6.75. The van der Waals surface area contributed by atoms with E-state index in [1.54, 1.807) is 6.20 Å². The fourth-order valence-corrected chi connectivity index (χ4v) is 1.21. The lowest BCUT2D eigenvalue weighted by atomic mass is 10.1. The fourth-order valence-electron chi connectivity index (χ4n) is 1.21. The highest BCUT2D eigenvalue weighted by molar-refractivity contribution is 5.92. The minimum Gasteiger partial charge on any atom is -0.364 e. The van der Waals surface area contributed by atoms with Crippen molar-refractivity contribution >= 4 is 5.91 Å². The Balaban J connectivity index is 2.70. The SMILES string of the molecule is CCCCc1cc[nH]c1C(N)=O. The number of carbonyl (C=O) groups is 1. The van der Waals surface area contributed by atoms with E-state index in [9.17, 15) is 4.79 Å². The molecule has 0 aliphatic carbocycles. The number of aryl methyl sites for hydroxylation is 1. The van der Waals surface area contributed by atoms with Crippen molar-refractivity contribution in [3.63, 3.8) is 0 Å². The topological polar surface area (TPSA) is 58.9 Å². The molecule has 1 heterocycles. The molecular formula is C9H14N2O. The minimum atomic E-state index is -0.369. The molecule has 0 saturated carbocycles. The van der Waals surface area contributed by atoms with Crippen LogP contribution in [0, 0.1) is 0 Å². The first kappa shape index (κ1) is 8.84. The summed E-state index contributed by atoms with van der Waals surface area (Å²) in [5.74, 6) is -0.369. The molecule has 0 aliphatic rings. The molecule has 0 fully saturated rings. The van der Waals surface area contributed by atoms with Crippen molar-refractivity contribution in [3.05, 3.63) is 23.5 Å². The van der Waals surface area contributed by atoms with E-state index in [0.29, 0.717) is 5.69 Å². The summed E-state index contributed by atoms with van der Waals surface area (Å²) < 4.78 is 0. The molecule has 0 bridgehead atoms. The summed E-state index contributed by atoms with van der Waals surface area (Å²) in [4.78, 5) is 13.7. The zero-order chi connectivity index (χ0) is 8.97. The summed E-state index contributed by atoms with van der Waals surface area (Å²) in [7, 11) is 0. The van der Waals surface area contributed by atoms with Gasteiger partial charge in [-0.25, -0.2) is 0 Å². The molecule has 1 rings (SSSR count). The molecule has 0 unspecified atom stereocenters. The van der Waals surface area contributed by atoms with E-state index in [-0.39, 0.29) is 5.91 Å². The van der Waals surface area contributed by atoms with Gasteiger partial charge in [-0.15, -0.1) is 0 Å². The molecule has 0 radical (unpaired) electrons. The summed E-state index contributed by atoms with van der Waals surface area (Å²) >= 11 is 0. The number of nitrogens with two attached hydrogens (primary N) is 1. The van der Waals surface area contributed by atoms with Gasteiger partial charge in [0.2, 0.25) is 0 Å². The van der Waals surface area contributed by atoms with Crippen LogP contribution in [-0.4, -0.2) is 10.9 Å². The van der Waals surface area contributed by atoms with Gasteiger partial charge in [0.25, 0.3) is 5.91 Å². The number of primary amides is 1. The first-order valence-electron chi connectivity index (χ1n) is 4.21. The van der Waals surface area contributed by atoms with E-state index in [1.165, 1.54) is 0 Å². The second-order valence-corrected chi connectivity index (χ2v) is 2.85. The van der Waals surface area contributed by atoms with Crippen molar-refractivity contribution in [1.29, 1.82) is 0 Å². The fraction of sp³-hybridized carbons (Fsp3) is 0.444. The Hall–Kier alpha value is -1.25. The number of aromatic amines is 1. The van der Waals surface area contributed by atoms with Crippen molar-refractivity contribution in [2.24, 2.45) is 5.73 Å². The standard InChI is InChI=1S/C9H14N2O/c1-2-3-4-7-5-6-11-8(7)9(10)12/h5-6,11H,2-4H2,1H3,(H2,10,12). The average molecular weight is 166 g/mol. The molecule has 3 N–H and O–H groups in total. The predicted molar refractivity (Wildman–Crippen MR) is 47.9 cm³/mol. The third kappa shape index (κ3) is 1.87. The first-order chi connectivity index (χ1) is 5.75. The number of nitrogens with one attached hydrogen (secondary N) is 1. The van der Waals surface area contributed by atoms with Crippen LogP contribution < -0.4 is 5.73 Å². The third-order valence-electron chi connectivity index (χ3n) is 1.88. The summed E-state index contributed by atoms with van der Waals surface area (Å²) in [5, 5.41) is 0. The summed E-state index contributed by atoms with van der Waals surface area (Å²) in [6.45, 7) is 2.12. The Labute approximate surface area is 72.0 Å². The van der Waals surface area contributed by atoms with E-state index >= 15 is 0 Å². The second-order valence-electron chi connectivity index (χ2n) is 2.85. The van der Waals surface area contributed by atoms with Crippen LogP contribution in [0.3, 0.4) is 0 Å². The maximum absolute atomic E-state index is 10.8. The van der Waals surface area contributed by atoms with Gasteiger partial charge in [0.1, 0.15) is 5.69 Å². The molecule has 0 aliphatic heterocycles. The Bertz CT molecular complexity index is 265. The van der Waals surface area contributed by atoms with Gasteiger partial charge in [-0.2, -0.15) is 0 Å². The zero-order valence-electron chi connectivity index (χ0n) is 7.26. The van der Waals surface area contributed by atoms with Crippen LogP contribution in [0.5, 0.6) is 0 Å². The molecule has 0 saturated heterocycles. The van der Waals surface area contributed by atoms with Crippen molar-refractivity contribution in [2.75, 3.05) is 0 Å². The summed E-state index contributed by atoms with van der Waals surface area (Å²) in [6, 6.07) is 1.91. The normalized spacial score (nSPS) is 10.1. The number of H-pyrrole nitrogens is 1. The molecule has 0 spiro atoms. The van der Waals surface area contributed by atoms with E-state index in [4.69, 9.17) is 5.73 Å². The lowest BCUT2D eigenvalue weighted by molar-refractivity contribution is 0.0995. The molecule has 0 atom stereocenters. The van der Waals surface area contributed by atoms with Crippen molar-refractivity contribution in [3.8, 4) is 0 Å². The highest BCUT2D eigenvalue weighted by Gasteiger charge is 2.07. The Morgan fingerprint density at radius 3 is 3.00 bits per heavy atom. The van der Waals surface area contributed by atoms with Gasteiger partial charge in [0.15, 0.2) is 0 Å². The molecule has 12 heavy (non-hydrogen) atoms. The molecule has 3 nitrogen and oxygen atoms in total. The van der Waals surface area contributed by atoms with Gasteiger partial charge in [0, 0.05) is 6.20 Å². The second kappa shape index (κ2) is 3.95. The molecule has 3 heteroatoms. The van der Waals surface area contributed by atoms with Crippen LogP contribution in [-0.2, 0) is 6.42 Å². The number of hydrogen-bond acceptors (Lipinski definition) is 1. The van der Waals surface area contributed by atoms with Crippen LogP contribution in [0.25, 0.3) is 0 Å². The van der Waals surface area contributed by atoms with E-state index in [1.807, 2.05) is 6.07 Å². The van der Waals surface area contributed by atoms with Gasteiger partial charge in [-0.3, -0.25) is 4.79 Å². The molecule has 1 aromatic rings. The van der Waals surface area contributed by atoms with Crippen LogP contribution in [0.4, 0.5) is 0 Å². The largest absolute Gasteiger partial charge is 0.364 e. The molecule has 66 valence electrons. The highest BCUT2D eigenvalue weighted by atomic mass is 16.1. The number of unbranched alkanes of at least 4 members (excludes halogenated alkanes) is 1. The van der Waals surface area contributed by atoms with E-state index in [2.05, 4.69) is 11.9 Å². The molecule has 1 amide bonds. The van der Waals surface area contributed by atoms with Gasteiger partial charge < -0.3 is 10.7 Å². The van der Waals surface area contributed by atoms with E-state index in [0.717, 1.165) is 24.8 Å². The number of carbonyl (C=O) groups excluding carboxylic acids is 1. The molecule has 0 aromatic carbocycles. The predicted octanol–water partition coefficient (Wildman–Crippen LogP) is 1.46. The zero-order valence-corrected chi connectivity index (χ0v) is 7.26.